The predicted molar refractivity (Wildman–Crippen MR) is 116 cm³/mol. The molecular weight excluding hydrogens is 427 g/mol. The first-order valence-corrected chi connectivity index (χ1v) is 10.1. The number of hydrogen-bond donors (Lipinski definition) is 1. The number of hydrogen-bond acceptors (Lipinski definition) is 7. The molecule has 11 heteroatoms. The summed E-state index contributed by atoms with van der Waals surface area (Å²) in [4.78, 5) is 12.7. The van der Waals surface area contributed by atoms with Crippen LogP contribution in [0.4, 0.5) is 10.2 Å². The molecule has 0 aliphatic carbocycles. The van der Waals surface area contributed by atoms with Gasteiger partial charge in [0.1, 0.15) is 29.4 Å². The van der Waals surface area contributed by atoms with Crippen molar-refractivity contribution >= 4 is 5.82 Å². The Balaban J connectivity index is 1.88. The second kappa shape index (κ2) is 7.30. The van der Waals surface area contributed by atoms with Crippen molar-refractivity contribution in [3.05, 3.63) is 69.1 Å². The smallest absolute Gasteiger partial charge is 0.266 e. The largest absolute Gasteiger partial charge is 0.482 e. The van der Waals surface area contributed by atoms with Gasteiger partial charge in [-0.15, -0.1) is 10.2 Å². The minimum Gasteiger partial charge on any atom is -0.482 e. The molecule has 2 bridgehead atoms. The van der Waals surface area contributed by atoms with Crippen molar-refractivity contribution < 1.29 is 9.13 Å². The number of nitriles is 1. The van der Waals surface area contributed by atoms with Gasteiger partial charge in [0.25, 0.3) is 5.56 Å². The van der Waals surface area contributed by atoms with E-state index in [2.05, 4.69) is 21.4 Å². The summed E-state index contributed by atoms with van der Waals surface area (Å²) in [7, 11) is 3.28. The van der Waals surface area contributed by atoms with Gasteiger partial charge in [-0.2, -0.15) is 10.4 Å². The first-order chi connectivity index (χ1) is 15.8. The molecule has 0 amide bonds. The van der Waals surface area contributed by atoms with E-state index in [9.17, 15) is 14.4 Å². The molecule has 5 rings (SSSR count). The average Bonchev–Trinajstić information content (AvgIpc) is 3.24. The molecule has 0 spiro atoms. The van der Waals surface area contributed by atoms with Crippen molar-refractivity contribution in [3.63, 3.8) is 0 Å². The Morgan fingerprint density at radius 1 is 1.24 bits per heavy atom. The van der Waals surface area contributed by atoms with E-state index in [0.717, 1.165) is 0 Å². The van der Waals surface area contributed by atoms with E-state index in [4.69, 9.17) is 10.5 Å². The normalized spacial score (nSPS) is 14.7. The molecule has 0 unspecified atom stereocenters. The number of aromatic nitrogens is 6. The molecule has 4 aromatic rings. The molecule has 2 N–H and O–H groups in total. The van der Waals surface area contributed by atoms with Gasteiger partial charge < -0.3 is 10.5 Å². The SMILES string of the molecule is C[C@H]1Oc2cc(nnc2N)-c2c(nn(C)c2C#N)Cc2cc(=O)n(C)n2-c2ccc(F)cc21. The summed E-state index contributed by atoms with van der Waals surface area (Å²) in [6, 6.07) is 9.54. The maximum atomic E-state index is 14.3. The van der Waals surface area contributed by atoms with E-state index in [1.165, 1.54) is 27.6 Å². The van der Waals surface area contributed by atoms with Crippen LogP contribution in [0.15, 0.2) is 35.1 Å². The lowest BCUT2D eigenvalue weighted by molar-refractivity contribution is 0.226. The first-order valence-electron chi connectivity index (χ1n) is 10.1. The number of aryl methyl sites for hydroxylation is 1. The van der Waals surface area contributed by atoms with Crippen LogP contribution in [0.25, 0.3) is 16.9 Å². The molecule has 3 aromatic heterocycles. The number of nitrogens with zero attached hydrogens (tertiary/aromatic N) is 7. The Hall–Kier alpha value is -4.46. The number of nitrogens with two attached hydrogens (primary N) is 1. The van der Waals surface area contributed by atoms with Gasteiger partial charge in [-0.25, -0.2) is 9.07 Å². The van der Waals surface area contributed by atoms with Crippen LogP contribution >= 0.6 is 0 Å². The molecule has 1 atom stereocenters. The third-order valence-electron chi connectivity index (χ3n) is 5.76. The average molecular weight is 446 g/mol. The van der Waals surface area contributed by atoms with Crippen molar-refractivity contribution in [1.29, 1.82) is 5.26 Å². The summed E-state index contributed by atoms with van der Waals surface area (Å²) in [5.74, 6) is -0.149. The van der Waals surface area contributed by atoms with Crippen LogP contribution in [0.1, 0.15) is 35.7 Å². The molecule has 0 saturated carbocycles. The minimum absolute atomic E-state index is 0.0543. The van der Waals surface area contributed by atoms with Gasteiger partial charge in [0.15, 0.2) is 11.6 Å². The van der Waals surface area contributed by atoms with E-state index >= 15 is 0 Å². The Bertz CT molecular complexity index is 1520. The van der Waals surface area contributed by atoms with Crippen molar-refractivity contribution in [2.45, 2.75) is 19.4 Å². The fraction of sp³-hybridized carbons (Fsp3) is 0.227. The standard InChI is InChI=1S/C22H19FN8O2/c1-11-14-6-12(23)4-5-17(14)31-13(8-20(32)30(31)3)7-16-21(18(10-24)29(2)28-16)15-9-19(33-11)22(25)27-26-15/h4-6,8-9,11H,7H2,1-3H3,(H2,25,27)/t11-/m1/s1. The van der Waals surface area contributed by atoms with Crippen LogP contribution in [0, 0.1) is 17.1 Å². The van der Waals surface area contributed by atoms with E-state index in [-0.39, 0.29) is 29.2 Å². The lowest BCUT2D eigenvalue weighted by Crippen LogP contribution is -2.21. The third-order valence-corrected chi connectivity index (χ3v) is 5.76. The van der Waals surface area contributed by atoms with Gasteiger partial charge in [0.2, 0.25) is 0 Å². The van der Waals surface area contributed by atoms with Gasteiger partial charge in [-0.05, 0) is 25.1 Å². The number of anilines is 1. The van der Waals surface area contributed by atoms with Crippen LogP contribution in [0.3, 0.4) is 0 Å². The van der Waals surface area contributed by atoms with Gasteiger partial charge in [-0.1, -0.05) is 0 Å². The zero-order chi connectivity index (χ0) is 23.4. The monoisotopic (exact) mass is 446 g/mol. The van der Waals surface area contributed by atoms with Gasteiger partial charge >= 0.3 is 0 Å². The van der Waals surface area contributed by atoms with Crippen molar-refractivity contribution in [2.75, 3.05) is 5.73 Å². The van der Waals surface area contributed by atoms with Crippen molar-refractivity contribution in [3.8, 4) is 28.8 Å². The van der Waals surface area contributed by atoms with Gasteiger partial charge in [0.05, 0.1) is 22.6 Å². The quantitative estimate of drug-likeness (QED) is 0.437. The van der Waals surface area contributed by atoms with E-state index in [1.54, 1.807) is 37.8 Å². The third kappa shape index (κ3) is 3.15. The Labute approximate surface area is 187 Å². The number of halogens is 1. The maximum absolute atomic E-state index is 14.3. The van der Waals surface area contributed by atoms with Crippen LogP contribution < -0.4 is 16.0 Å². The molecule has 1 aliphatic heterocycles. The molecule has 0 radical (unpaired) electrons. The summed E-state index contributed by atoms with van der Waals surface area (Å²) in [5, 5.41) is 22.5. The zero-order valence-electron chi connectivity index (χ0n) is 18.1. The highest BCUT2D eigenvalue weighted by Crippen LogP contribution is 2.35. The Kier molecular flexibility index (Phi) is 4.52. The van der Waals surface area contributed by atoms with Crippen molar-refractivity contribution in [1.82, 2.24) is 29.3 Å². The Morgan fingerprint density at radius 3 is 2.79 bits per heavy atom. The molecule has 33 heavy (non-hydrogen) atoms. The zero-order valence-corrected chi connectivity index (χ0v) is 18.1. The fourth-order valence-corrected chi connectivity index (χ4v) is 4.20. The number of ether oxygens (including phenoxy) is 1. The lowest BCUT2D eigenvalue weighted by Gasteiger charge is -2.22. The second-order valence-corrected chi connectivity index (χ2v) is 7.83. The number of rotatable bonds is 0. The summed E-state index contributed by atoms with van der Waals surface area (Å²) in [6.45, 7) is 1.75. The highest BCUT2D eigenvalue weighted by atomic mass is 19.1. The summed E-state index contributed by atoms with van der Waals surface area (Å²) in [5.41, 5.74) is 9.11. The second-order valence-electron chi connectivity index (χ2n) is 7.83. The number of fused-ring (bicyclic) bond motifs is 7. The molecule has 166 valence electrons. The molecular formula is C22H19FN8O2. The van der Waals surface area contributed by atoms with Crippen LogP contribution in [0.2, 0.25) is 0 Å². The number of nitrogen functional groups attached to an aromatic ring is 1. The summed E-state index contributed by atoms with van der Waals surface area (Å²) in [6.07, 6.45) is -0.433. The minimum atomic E-state index is -0.649. The van der Waals surface area contributed by atoms with E-state index < -0.39 is 11.9 Å². The molecule has 10 nitrogen and oxygen atoms in total. The summed E-state index contributed by atoms with van der Waals surface area (Å²) >= 11 is 0. The predicted octanol–water partition coefficient (Wildman–Crippen LogP) is 2.00. The lowest BCUT2D eigenvalue weighted by atomic mass is 10.0. The molecule has 4 heterocycles. The molecule has 0 fully saturated rings. The Morgan fingerprint density at radius 2 is 2.03 bits per heavy atom. The van der Waals surface area contributed by atoms with Crippen LogP contribution in [-0.2, 0) is 20.5 Å². The number of benzene rings is 1. The summed E-state index contributed by atoms with van der Waals surface area (Å²) < 4.78 is 25.0. The molecule has 1 aromatic carbocycles. The highest BCUT2D eigenvalue weighted by Gasteiger charge is 2.26. The van der Waals surface area contributed by atoms with E-state index in [1.807, 2.05) is 0 Å². The van der Waals surface area contributed by atoms with Crippen LogP contribution in [-0.4, -0.2) is 29.3 Å². The van der Waals surface area contributed by atoms with Crippen molar-refractivity contribution in [2.24, 2.45) is 14.1 Å². The van der Waals surface area contributed by atoms with Gasteiger partial charge in [-0.3, -0.25) is 14.2 Å². The topological polar surface area (TPSA) is 130 Å². The first kappa shape index (κ1) is 20.4. The van der Waals surface area contributed by atoms with E-state index in [0.29, 0.717) is 33.9 Å². The molecule has 1 aliphatic rings. The maximum Gasteiger partial charge on any atom is 0.266 e. The van der Waals surface area contributed by atoms with Crippen LogP contribution in [0.5, 0.6) is 5.75 Å². The molecule has 0 saturated heterocycles. The van der Waals surface area contributed by atoms with Gasteiger partial charge in [0, 0.05) is 38.2 Å². The fourth-order valence-electron chi connectivity index (χ4n) is 4.20. The highest BCUT2D eigenvalue weighted by molar-refractivity contribution is 5.71.